The average Bonchev–Trinajstić information content (AvgIpc) is 2.27. The fraction of sp³-hybridized carbons (Fsp3) is 0.500. The number of rotatable bonds is 6. The van der Waals surface area contributed by atoms with Crippen molar-refractivity contribution in [2.75, 3.05) is 31.4 Å². The minimum absolute atomic E-state index is 0.0533. The highest BCUT2D eigenvalue weighted by Gasteiger charge is 2.19. The van der Waals surface area contributed by atoms with E-state index < -0.39 is 4.92 Å². The van der Waals surface area contributed by atoms with Gasteiger partial charge in [-0.3, -0.25) is 10.1 Å². The molecule has 100 valence electrons. The summed E-state index contributed by atoms with van der Waals surface area (Å²) < 4.78 is 5.10. The van der Waals surface area contributed by atoms with Crippen molar-refractivity contribution >= 4 is 17.1 Å². The molecule has 0 saturated carbocycles. The third-order valence-corrected chi connectivity index (χ3v) is 2.41. The summed E-state index contributed by atoms with van der Waals surface area (Å²) in [7, 11) is 3.35. The lowest BCUT2D eigenvalue weighted by Gasteiger charge is -2.26. The van der Waals surface area contributed by atoms with E-state index in [1.165, 1.54) is 12.1 Å². The lowest BCUT2D eigenvalue weighted by atomic mass is 10.1. The predicted molar refractivity (Wildman–Crippen MR) is 72.2 cm³/mol. The molecule has 0 aliphatic carbocycles. The molecule has 0 radical (unpaired) electrons. The molecule has 0 atom stereocenters. The Morgan fingerprint density at radius 1 is 1.33 bits per heavy atom. The molecule has 1 aromatic rings. The van der Waals surface area contributed by atoms with E-state index in [1.807, 2.05) is 19.9 Å². The minimum atomic E-state index is -0.407. The number of nitro benzene ring substituents is 1. The van der Waals surface area contributed by atoms with Crippen LogP contribution >= 0.6 is 0 Å². The van der Waals surface area contributed by atoms with Crippen molar-refractivity contribution in [3.63, 3.8) is 0 Å². The number of anilines is 2. The van der Waals surface area contributed by atoms with Crippen molar-refractivity contribution in [1.29, 1.82) is 0 Å². The van der Waals surface area contributed by atoms with Crippen molar-refractivity contribution in [3.8, 4) is 0 Å². The number of hydrogen-bond acceptors (Lipinski definition) is 5. The van der Waals surface area contributed by atoms with Crippen LogP contribution in [0.2, 0.25) is 0 Å². The minimum Gasteiger partial charge on any atom is -0.388 e. The fourth-order valence-electron chi connectivity index (χ4n) is 1.72. The first kappa shape index (κ1) is 14.2. The van der Waals surface area contributed by atoms with Crippen molar-refractivity contribution in [2.24, 2.45) is 0 Å². The first-order valence-electron chi connectivity index (χ1n) is 5.62. The van der Waals surface area contributed by atoms with Gasteiger partial charge >= 0.3 is 0 Å². The second-order valence-corrected chi connectivity index (χ2v) is 4.72. The maximum atomic E-state index is 10.8. The third-order valence-electron chi connectivity index (χ3n) is 2.41. The lowest BCUT2D eigenvalue weighted by molar-refractivity contribution is -0.384. The number of methoxy groups -OCH3 is 1. The fourth-order valence-corrected chi connectivity index (χ4v) is 1.72. The van der Waals surface area contributed by atoms with Gasteiger partial charge in [-0.15, -0.1) is 0 Å². The van der Waals surface area contributed by atoms with Crippen LogP contribution in [0.1, 0.15) is 13.8 Å². The second kappa shape index (κ2) is 5.68. The molecule has 0 heterocycles. The molecule has 1 rings (SSSR count). The van der Waals surface area contributed by atoms with Gasteiger partial charge in [-0.1, -0.05) is 0 Å². The molecular weight excluding hydrogens is 234 g/mol. The molecule has 6 nitrogen and oxygen atoms in total. The van der Waals surface area contributed by atoms with Crippen LogP contribution in [0.15, 0.2) is 18.2 Å². The Bertz CT molecular complexity index is 433. The molecule has 1 aromatic carbocycles. The van der Waals surface area contributed by atoms with E-state index in [-0.39, 0.29) is 11.2 Å². The Labute approximate surface area is 106 Å². The number of nitrogens with one attached hydrogen (secondary N) is 2. The zero-order valence-corrected chi connectivity index (χ0v) is 11.1. The van der Waals surface area contributed by atoms with E-state index in [0.29, 0.717) is 18.0 Å². The van der Waals surface area contributed by atoms with Gasteiger partial charge in [0, 0.05) is 37.7 Å². The summed E-state index contributed by atoms with van der Waals surface area (Å²) in [6.07, 6.45) is 0. The van der Waals surface area contributed by atoms with Crippen LogP contribution in [0.5, 0.6) is 0 Å². The van der Waals surface area contributed by atoms with Gasteiger partial charge in [0.15, 0.2) is 0 Å². The average molecular weight is 253 g/mol. The smallest absolute Gasteiger partial charge is 0.273 e. The molecule has 0 bridgehead atoms. The van der Waals surface area contributed by atoms with Crippen LogP contribution < -0.4 is 10.6 Å². The van der Waals surface area contributed by atoms with Crippen molar-refractivity contribution < 1.29 is 9.66 Å². The van der Waals surface area contributed by atoms with E-state index in [9.17, 15) is 10.1 Å². The largest absolute Gasteiger partial charge is 0.388 e. The third kappa shape index (κ3) is 3.89. The predicted octanol–water partition coefficient (Wildman–Crippen LogP) is 2.47. The van der Waals surface area contributed by atoms with Gasteiger partial charge in [-0.05, 0) is 19.9 Å². The summed E-state index contributed by atoms with van der Waals surface area (Å²) in [5, 5.41) is 17.0. The van der Waals surface area contributed by atoms with Gasteiger partial charge in [0.2, 0.25) is 0 Å². The number of non-ortho nitro benzene ring substituents is 1. The van der Waals surface area contributed by atoms with Crippen LogP contribution in [0, 0.1) is 10.1 Å². The molecule has 0 spiro atoms. The Hall–Kier alpha value is -1.82. The number of nitrogens with zero attached hydrogens (tertiary/aromatic N) is 1. The molecule has 0 fully saturated rings. The summed E-state index contributed by atoms with van der Waals surface area (Å²) in [5.74, 6) is 0. The van der Waals surface area contributed by atoms with Crippen LogP contribution in [0.25, 0.3) is 0 Å². The van der Waals surface area contributed by atoms with Crippen LogP contribution in [0.4, 0.5) is 17.1 Å². The van der Waals surface area contributed by atoms with E-state index in [0.717, 1.165) is 0 Å². The maximum Gasteiger partial charge on any atom is 0.273 e. The summed E-state index contributed by atoms with van der Waals surface area (Å²) in [5.41, 5.74) is 1.14. The number of benzene rings is 1. The van der Waals surface area contributed by atoms with Gasteiger partial charge in [-0.25, -0.2) is 0 Å². The van der Waals surface area contributed by atoms with E-state index in [4.69, 9.17) is 4.74 Å². The quantitative estimate of drug-likeness (QED) is 0.601. The second-order valence-electron chi connectivity index (χ2n) is 4.72. The highest BCUT2D eigenvalue weighted by atomic mass is 16.6. The van der Waals surface area contributed by atoms with Crippen molar-refractivity contribution in [1.82, 2.24) is 0 Å². The van der Waals surface area contributed by atoms with Gasteiger partial charge in [0.05, 0.1) is 17.1 Å². The highest BCUT2D eigenvalue weighted by Crippen LogP contribution is 2.26. The highest BCUT2D eigenvalue weighted by molar-refractivity contribution is 5.63. The Balaban J connectivity index is 3.01. The SMILES string of the molecule is CNc1cc(NC(C)(C)COC)cc([N+](=O)[O-])c1. The number of ether oxygens (including phenoxy) is 1. The molecule has 2 N–H and O–H groups in total. The van der Waals surface area contributed by atoms with Gasteiger partial charge in [0.25, 0.3) is 5.69 Å². The zero-order valence-electron chi connectivity index (χ0n) is 11.1. The Kier molecular flexibility index (Phi) is 4.49. The number of hydrogen-bond donors (Lipinski definition) is 2. The molecule has 0 aromatic heterocycles. The first-order valence-corrected chi connectivity index (χ1v) is 5.62. The monoisotopic (exact) mass is 253 g/mol. The van der Waals surface area contributed by atoms with Crippen LogP contribution in [-0.2, 0) is 4.74 Å². The summed E-state index contributed by atoms with van der Waals surface area (Å²) >= 11 is 0. The summed E-state index contributed by atoms with van der Waals surface area (Å²) in [6.45, 7) is 4.44. The topological polar surface area (TPSA) is 76.4 Å². The van der Waals surface area contributed by atoms with Gasteiger partial charge in [-0.2, -0.15) is 0 Å². The first-order chi connectivity index (χ1) is 8.38. The molecule has 18 heavy (non-hydrogen) atoms. The summed E-state index contributed by atoms with van der Waals surface area (Å²) in [4.78, 5) is 10.4. The van der Waals surface area contributed by atoms with Crippen molar-refractivity contribution in [2.45, 2.75) is 19.4 Å². The maximum absolute atomic E-state index is 10.8. The Morgan fingerprint density at radius 3 is 2.44 bits per heavy atom. The normalized spacial score (nSPS) is 11.1. The van der Waals surface area contributed by atoms with Gasteiger partial charge in [0.1, 0.15) is 0 Å². The number of nitro groups is 1. The molecule has 0 amide bonds. The molecule has 0 unspecified atom stereocenters. The van der Waals surface area contributed by atoms with E-state index >= 15 is 0 Å². The molecule has 0 aliphatic rings. The molecule has 6 heteroatoms. The zero-order chi connectivity index (χ0) is 13.8. The van der Waals surface area contributed by atoms with Crippen LogP contribution in [-0.4, -0.2) is 31.2 Å². The Morgan fingerprint density at radius 2 is 1.94 bits per heavy atom. The molecular formula is C12H19N3O3. The van der Waals surface area contributed by atoms with E-state index in [2.05, 4.69) is 10.6 Å². The van der Waals surface area contributed by atoms with Gasteiger partial charge < -0.3 is 15.4 Å². The molecule has 0 aliphatic heterocycles. The van der Waals surface area contributed by atoms with E-state index in [1.54, 1.807) is 14.2 Å². The lowest BCUT2D eigenvalue weighted by Crippen LogP contribution is -2.35. The molecule has 0 saturated heterocycles. The van der Waals surface area contributed by atoms with Crippen LogP contribution in [0.3, 0.4) is 0 Å². The van der Waals surface area contributed by atoms with Crippen molar-refractivity contribution in [3.05, 3.63) is 28.3 Å². The summed E-state index contributed by atoms with van der Waals surface area (Å²) in [6, 6.07) is 4.83. The standard InChI is InChI=1S/C12H19N3O3/c1-12(2,8-18-4)14-10-5-9(13-3)6-11(7-10)15(16)17/h5-7,13-14H,8H2,1-4H3.